The molecular formula is C31H39N3O5S. The van der Waals surface area contributed by atoms with E-state index < -0.39 is 28.5 Å². The van der Waals surface area contributed by atoms with Crippen molar-refractivity contribution in [2.45, 2.75) is 65.1 Å². The van der Waals surface area contributed by atoms with Crippen LogP contribution in [0.25, 0.3) is 0 Å². The smallest absolute Gasteiger partial charge is 0.264 e. The molecule has 0 aliphatic heterocycles. The number of aryl methyl sites for hydroxylation is 3. The van der Waals surface area contributed by atoms with E-state index in [1.165, 1.54) is 24.1 Å². The highest BCUT2D eigenvalue weighted by Crippen LogP contribution is 2.34. The number of sulfonamides is 1. The van der Waals surface area contributed by atoms with Gasteiger partial charge in [0.05, 0.1) is 17.7 Å². The predicted molar refractivity (Wildman–Crippen MR) is 158 cm³/mol. The molecule has 3 aromatic carbocycles. The van der Waals surface area contributed by atoms with Gasteiger partial charge in [-0.15, -0.1) is 0 Å². The van der Waals surface area contributed by atoms with Crippen LogP contribution < -0.4 is 14.4 Å². The Morgan fingerprint density at radius 1 is 0.875 bits per heavy atom. The summed E-state index contributed by atoms with van der Waals surface area (Å²) in [6.07, 6.45) is 0. The summed E-state index contributed by atoms with van der Waals surface area (Å²) in [6.45, 7) is 10.6. The van der Waals surface area contributed by atoms with E-state index in [-0.39, 0.29) is 29.1 Å². The van der Waals surface area contributed by atoms with E-state index in [0.717, 1.165) is 26.6 Å². The van der Waals surface area contributed by atoms with Crippen molar-refractivity contribution in [1.29, 1.82) is 0 Å². The van der Waals surface area contributed by atoms with Crippen molar-refractivity contribution in [2.24, 2.45) is 0 Å². The number of rotatable bonds is 11. The third-order valence-electron chi connectivity index (χ3n) is 6.52. The van der Waals surface area contributed by atoms with Crippen molar-refractivity contribution in [1.82, 2.24) is 10.2 Å². The fourth-order valence-electron chi connectivity index (χ4n) is 4.34. The van der Waals surface area contributed by atoms with E-state index in [1.54, 1.807) is 31.2 Å². The largest absolute Gasteiger partial charge is 0.495 e. The number of benzene rings is 3. The standard InChI is InChI=1S/C31H39N3O5S/c1-21(2)32-31(36)25(6)33(19-26-10-8-9-23(4)17-26)30(35)20-34(28-18-24(5)13-16-29(28)39-7)40(37,38)27-14-11-22(3)12-15-27/h8-18,21,25H,19-20H2,1-7H3,(H,32,36)/t25-/m0/s1. The van der Waals surface area contributed by atoms with E-state index in [4.69, 9.17) is 4.74 Å². The second-order valence-electron chi connectivity index (χ2n) is 10.3. The number of carbonyl (C=O) groups is 2. The van der Waals surface area contributed by atoms with Crippen molar-refractivity contribution < 1.29 is 22.7 Å². The van der Waals surface area contributed by atoms with Crippen LogP contribution in [0.3, 0.4) is 0 Å². The predicted octanol–water partition coefficient (Wildman–Crippen LogP) is 4.76. The normalized spacial score (nSPS) is 12.1. The van der Waals surface area contributed by atoms with Gasteiger partial charge < -0.3 is 15.0 Å². The Balaban J connectivity index is 2.11. The molecule has 0 heterocycles. The Kier molecular flexibility index (Phi) is 9.98. The summed E-state index contributed by atoms with van der Waals surface area (Å²) in [4.78, 5) is 28.6. The van der Waals surface area contributed by atoms with Crippen LogP contribution in [0.4, 0.5) is 5.69 Å². The maximum atomic E-state index is 14.1. The molecule has 2 amide bonds. The molecule has 214 valence electrons. The van der Waals surface area contributed by atoms with Crippen molar-refractivity contribution in [3.05, 3.63) is 89.0 Å². The number of methoxy groups -OCH3 is 1. The number of hydrogen-bond acceptors (Lipinski definition) is 5. The average Bonchev–Trinajstić information content (AvgIpc) is 2.89. The van der Waals surface area contributed by atoms with Gasteiger partial charge in [-0.2, -0.15) is 0 Å². The second kappa shape index (κ2) is 13.0. The Morgan fingerprint density at radius 3 is 2.10 bits per heavy atom. The van der Waals surface area contributed by atoms with E-state index in [1.807, 2.05) is 65.0 Å². The van der Waals surface area contributed by atoms with E-state index in [0.29, 0.717) is 5.75 Å². The molecule has 0 spiro atoms. The average molecular weight is 566 g/mol. The lowest BCUT2D eigenvalue weighted by Crippen LogP contribution is -2.52. The summed E-state index contributed by atoms with van der Waals surface area (Å²) in [5.41, 5.74) is 3.79. The van der Waals surface area contributed by atoms with Crippen LogP contribution in [0.5, 0.6) is 5.75 Å². The highest BCUT2D eigenvalue weighted by atomic mass is 32.2. The zero-order valence-electron chi connectivity index (χ0n) is 24.3. The van der Waals surface area contributed by atoms with Gasteiger partial charge in [0.1, 0.15) is 18.3 Å². The molecule has 0 aromatic heterocycles. The van der Waals surface area contributed by atoms with Gasteiger partial charge in [-0.25, -0.2) is 8.42 Å². The van der Waals surface area contributed by atoms with Gasteiger partial charge in [-0.1, -0.05) is 53.6 Å². The SMILES string of the molecule is COc1ccc(C)cc1N(CC(=O)N(Cc1cccc(C)c1)[C@@H](C)C(=O)NC(C)C)S(=O)(=O)c1ccc(C)cc1. The Morgan fingerprint density at radius 2 is 1.50 bits per heavy atom. The van der Waals surface area contributed by atoms with Gasteiger partial charge in [-0.05, 0) is 76.9 Å². The van der Waals surface area contributed by atoms with Gasteiger partial charge in [0.2, 0.25) is 11.8 Å². The molecule has 0 aliphatic rings. The summed E-state index contributed by atoms with van der Waals surface area (Å²) in [6, 6.07) is 18.3. The first-order valence-electron chi connectivity index (χ1n) is 13.2. The number of ether oxygens (including phenoxy) is 1. The van der Waals surface area contributed by atoms with Gasteiger partial charge in [0.25, 0.3) is 10.0 Å². The number of anilines is 1. The molecule has 0 unspecified atom stereocenters. The summed E-state index contributed by atoms with van der Waals surface area (Å²) in [5.74, 6) is -0.533. The number of carbonyl (C=O) groups excluding carboxylic acids is 2. The Labute approximate surface area is 238 Å². The lowest BCUT2D eigenvalue weighted by molar-refractivity contribution is -0.139. The molecule has 8 nitrogen and oxygen atoms in total. The van der Waals surface area contributed by atoms with Crippen molar-refractivity contribution in [2.75, 3.05) is 18.0 Å². The van der Waals surface area contributed by atoms with Crippen LogP contribution in [-0.2, 0) is 26.2 Å². The monoisotopic (exact) mass is 565 g/mol. The molecule has 0 saturated carbocycles. The van der Waals surface area contributed by atoms with Gasteiger partial charge in [-0.3, -0.25) is 13.9 Å². The van der Waals surface area contributed by atoms with Crippen LogP contribution in [0.1, 0.15) is 43.0 Å². The second-order valence-corrected chi connectivity index (χ2v) is 12.2. The van der Waals surface area contributed by atoms with Crippen LogP contribution in [-0.4, -0.2) is 50.9 Å². The molecule has 0 bridgehead atoms. The summed E-state index contributed by atoms with van der Waals surface area (Å²) < 4.78 is 34.7. The minimum atomic E-state index is -4.19. The first-order valence-corrected chi connectivity index (χ1v) is 14.7. The van der Waals surface area contributed by atoms with Crippen molar-refractivity contribution in [3.8, 4) is 5.75 Å². The van der Waals surface area contributed by atoms with Gasteiger partial charge in [0.15, 0.2) is 0 Å². The van der Waals surface area contributed by atoms with Crippen LogP contribution in [0, 0.1) is 20.8 Å². The molecule has 9 heteroatoms. The molecule has 0 saturated heterocycles. The number of nitrogens with zero attached hydrogens (tertiary/aromatic N) is 2. The van der Waals surface area contributed by atoms with E-state index in [9.17, 15) is 18.0 Å². The molecule has 1 N–H and O–H groups in total. The quantitative estimate of drug-likeness (QED) is 0.362. The molecule has 40 heavy (non-hydrogen) atoms. The lowest BCUT2D eigenvalue weighted by Gasteiger charge is -2.32. The Bertz CT molecular complexity index is 1450. The molecule has 0 aliphatic carbocycles. The third-order valence-corrected chi connectivity index (χ3v) is 8.30. The van der Waals surface area contributed by atoms with Crippen LogP contribution >= 0.6 is 0 Å². The minimum Gasteiger partial charge on any atom is -0.495 e. The van der Waals surface area contributed by atoms with Crippen LogP contribution in [0.2, 0.25) is 0 Å². The maximum Gasteiger partial charge on any atom is 0.264 e. The van der Waals surface area contributed by atoms with Crippen molar-refractivity contribution in [3.63, 3.8) is 0 Å². The fourth-order valence-corrected chi connectivity index (χ4v) is 5.76. The zero-order valence-corrected chi connectivity index (χ0v) is 25.1. The van der Waals surface area contributed by atoms with Gasteiger partial charge in [0, 0.05) is 12.6 Å². The van der Waals surface area contributed by atoms with Crippen molar-refractivity contribution >= 4 is 27.5 Å². The van der Waals surface area contributed by atoms with E-state index >= 15 is 0 Å². The summed E-state index contributed by atoms with van der Waals surface area (Å²) >= 11 is 0. The molecule has 3 rings (SSSR count). The van der Waals surface area contributed by atoms with Crippen LogP contribution in [0.15, 0.2) is 71.6 Å². The minimum absolute atomic E-state index is 0.0466. The zero-order chi connectivity index (χ0) is 29.6. The first-order chi connectivity index (χ1) is 18.8. The highest BCUT2D eigenvalue weighted by molar-refractivity contribution is 7.92. The molecule has 1 atom stereocenters. The summed E-state index contributed by atoms with van der Waals surface area (Å²) in [5, 5.41) is 2.86. The molecule has 0 fully saturated rings. The molecule has 3 aromatic rings. The van der Waals surface area contributed by atoms with Gasteiger partial charge >= 0.3 is 0 Å². The topological polar surface area (TPSA) is 96.0 Å². The summed E-state index contributed by atoms with van der Waals surface area (Å²) in [7, 11) is -2.73. The van der Waals surface area contributed by atoms with E-state index in [2.05, 4.69) is 5.32 Å². The maximum absolute atomic E-state index is 14.1. The number of nitrogens with one attached hydrogen (secondary N) is 1. The Hall–Kier alpha value is -3.85. The first kappa shape index (κ1) is 30.7. The number of amides is 2. The number of hydrogen-bond donors (Lipinski definition) is 1. The highest BCUT2D eigenvalue weighted by Gasteiger charge is 2.34. The lowest BCUT2D eigenvalue weighted by atomic mass is 10.1. The fraction of sp³-hybridized carbons (Fsp3) is 0.355. The third kappa shape index (κ3) is 7.41. The molecule has 0 radical (unpaired) electrons. The molecular weight excluding hydrogens is 526 g/mol.